The second-order valence-electron chi connectivity index (χ2n) is 15.1. The molecular formula is C40H46Cl2N6O4. The number of nitrogens with zero attached hydrogens (tertiary/aromatic N) is 4. The van der Waals surface area contributed by atoms with Gasteiger partial charge >= 0.3 is 0 Å². The summed E-state index contributed by atoms with van der Waals surface area (Å²) in [6.45, 7) is 9.18. The molecule has 2 N–H and O–H groups in total. The third-order valence-electron chi connectivity index (χ3n) is 10.3. The molecule has 10 nitrogen and oxygen atoms in total. The number of aryl methyl sites for hydroxylation is 1. The van der Waals surface area contributed by atoms with Crippen LogP contribution in [0.1, 0.15) is 71.2 Å². The molecule has 2 aliphatic rings. The van der Waals surface area contributed by atoms with Crippen LogP contribution in [0.2, 0.25) is 10.0 Å². The maximum absolute atomic E-state index is 12.3. The number of ether oxygens (including phenoxy) is 2. The van der Waals surface area contributed by atoms with Crippen molar-refractivity contribution in [2.45, 2.75) is 78.8 Å². The van der Waals surface area contributed by atoms with Crippen molar-refractivity contribution in [3.8, 4) is 45.4 Å². The monoisotopic (exact) mass is 744 g/mol. The van der Waals surface area contributed by atoms with Crippen LogP contribution in [-0.2, 0) is 22.6 Å². The Hall–Kier alpha value is -4.12. The highest BCUT2D eigenvalue weighted by Gasteiger charge is 2.39. The summed E-state index contributed by atoms with van der Waals surface area (Å²) in [6, 6.07) is 11.6. The Morgan fingerprint density at radius 3 is 1.88 bits per heavy atom. The zero-order valence-electron chi connectivity index (χ0n) is 30.6. The van der Waals surface area contributed by atoms with Gasteiger partial charge in [0.2, 0.25) is 17.7 Å². The first-order chi connectivity index (χ1) is 24.8. The van der Waals surface area contributed by atoms with Crippen molar-refractivity contribution >= 4 is 34.9 Å². The first-order valence-corrected chi connectivity index (χ1v) is 18.5. The van der Waals surface area contributed by atoms with Crippen LogP contribution in [0.25, 0.3) is 33.6 Å². The number of nitrogens with one attached hydrogen (secondary N) is 2. The normalized spacial score (nSPS) is 19.2. The summed E-state index contributed by atoms with van der Waals surface area (Å²) in [5.41, 5.74) is 4.82. The number of aromatic nitrogens is 4. The number of Topliss-reactive ketones (excluding diaryl/α,β-unsaturated/α-hetero) is 1. The van der Waals surface area contributed by atoms with Crippen molar-refractivity contribution in [2.75, 3.05) is 20.8 Å². The number of hydrogen-bond acceptors (Lipinski definition) is 9. The average molecular weight is 746 g/mol. The Morgan fingerprint density at radius 1 is 0.808 bits per heavy atom. The molecule has 1 aliphatic heterocycles. The van der Waals surface area contributed by atoms with Crippen LogP contribution in [0, 0.1) is 16.7 Å². The van der Waals surface area contributed by atoms with Crippen molar-refractivity contribution in [2.24, 2.45) is 16.7 Å². The van der Waals surface area contributed by atoms with Crippen molar-refractivity contribution in [1.82, 2.24) is 30.6 Å². The van der Waals surface area contributed by atoms with E-state index in [2.05, 4.69) is 15.6 Å². The van der Waals surface area contributed by atoms with Gasteiger partial charge in [-0.2, -0.15) is 0 Å². The van der Waals surface area contributed by atoms with Crippen LogP contribution in [0.3, 0.4) is 0 Å². The molecule has 2 aromatic carbocycles. The van der Waals surface area contributed by atoms with Gasteiger partial charge in [0.15, 0.2) is 0 Å². The maximum atomic E-state index is 12.3. The van der Waals surface area contributed by atoms with E-state index < -0.39 is 0 Å². The van der Waals surface area contributed by atoms with E-state index in [1.807, 2.05) is 64.1 Å². The lowest BCUT2D eigenvalue weighted by Crippen LogP contribution is -2.28. The summed E-state index contributed by atoms with van der Waals surface area (Å²) in [5, 5.41) is 7.48. The van der Waals surface area contributed by atoms with E-state index in [9.17, 15) is 9.59 Å². The highest BCUT2D eigenvalue weighted by atomic mass is 35.5. The number of hydrogen-bond donors (Lipinski definition) is 2. The molecule has 2 aromatic heterocycles. The first kappa shape index (κ1) is 37.6. The molecule has 0 spiro atoms. The van der Waals surface area contributed by atoms with Crippen molar-refractivity contribution in [3.05, 3.63) is 70.2 Å². The Kier molecular flexibility index (Phi) is 11.2. The lowest BCUT2D eigenvalue weighted by Gasteiger charge is -2.16. The van der Waals surface area contributed by atoms with E-state index in [1.165, 1.54) is 0 Å². The van der Waals surface area contributed by atoms with Gasteiger partial charge in [-0.1, -0.05) is 87.3 Å². The molecule has 274 valence electrons. The number of benzene rings is 2. The lowest BCUT2D eigenvalue weighted by atomic mass is 9.88. The molecule has 0 bridgehead atoms. The predicted octanol–water partition coefficient (Wildman–Crippen LogP) is 7.92. The number of amides is 1. The van der Waals surface area contributed by atoms with E-state index in [0.717, 1.165) is 49.0 Å². The molecule has 12 heteroatoms. The second kappa shape index (κ2) is 15.5. The summed E-state index contributed by atoms with van der Waals surface area (Å²) in [7, 11) is 3.16. The first-order valence-electron chi connectivity index (χ1n) is 17.7. The fourth-order valence-electron chi connectivity index (χ4n) is 7.36. The summed E-state index contributed by atoms with van der Waals surface area (Å²) >= 11 is 14.2. The van der Waals surface area contributed by atoms with E-state index in [1.54, 1.807) is 26.6 Å². The minimum atomic E-state index is -0.327. The van der Waals surface area contributed by atoms with E-state index >= 15 is 0 Å². The van der Waals surface area contributed by atoms with Gasteiger partial charge in [0.1, 0.15) is 17.2 Å². The van der Waals surface area contributed by atoms with E-state index in [-0.39, 0.29) is 22.8 Å². The van der Waals surface area contributed by atoms with Gasteiger partial charge < -0.3 is 20.1 Å². The molecule has 1 saturated carbocycles. The highest BCUT2D eigenvalue weighted by molar-refractivity contribution is 6.39. The fraction of sp³-hybridized carbons (Fsp3) is 0.450. The van der Waals surface area contributed by atoms with Gasteiger partial charge in [-0.25, -0.2) is 9.97 Å². The average Bonchev–Trinajstić information content (AvgIpc) is 3.54. The smallest absolute Gasteiger partial charge is 0.237 e. The summed E-state index contributed by atoms with van der Waals surface area (Å²) < 4.78 is 11.3. The Balaban J connectivity index is 1.18. The Bertz CT molecular complexity index is 1840. The Morgan fingerprint density at radius 2 is 1.37 bits per heavy atom. The fourth-order valence-corrected chi connectivity index (χ4v) is 8.01. The molecule has 0 radical (unpaired) electrons. The minimum Gasteiger partial charge on any atom is -0.480 e. The summed E-state index contributed by atoms with van der Waals surface area (Å²) in [6.07, 6.45) is 8.08. The number of halogens is 2. The third kappa shape index (κ3) is 7.94. The van der Waals surface area contributed by atoms with Crippen LogP contribution in [0.5, 0.6) is 11.8 Å². The van der Waals surface area contributed by atoms with Crippen molar-refractivity contribution < 1.29 is 19.1 Å². The number of carbonyl (C=O) groups excluding carboxylic acids is 2. The maximum Gasteiger partial charge on any atom is 0.237 e. The topological polar surface area (TPSA) is 128 Å². The standard InChI is InChI=1S/C40H46Cl2N6O4/c1-39(2)17-23(16-33(39)49)19-43-20-32-37(52-6)48-31(22-45-32)28-14-9-12-26(35(28)42)25-11-8-13-27(34(25)41)30-21-44-29(36(47-30)51-5)15-7-10-24-18-40(3,4)38(50)46-24/h8-9,11-14,21-24,43H,7,10,15-20H2,1-6H3,(H,46,50)/t23-,24+/m0/s1. The van der Waals surface area contributed by atoms with Crippen LogP contribution in [0.15, 0.2) is 48.8 Å². The van der Waals surface area contributed by atoms with Gasteiger partial charge in [-0.3, -0.25) is 19.6 Å². The third-order valence-corrected chi connectivity index (χ3v) is 11.1. The van der Waals surface area contributed by atoms with Gasteiger partial charge in [0.05, 0.1) is 48.0 Å². The molecule has 3 heterocycles. The molecule has 52 heavy (non-hydrogen) atoms. The van der Waals surface area contributed by atoms with Gasteiger partial charge in [0, 0.05) is 52.1 Å². The van der Waals surface area contributed by atoms with Crippen molar-refractivity contribution in [1.29, 1.82) is 0 Å². The number of rotatable bonds is 13. The SMILES string of the molecule is COc1nc(-c2cccc(-c3cccc(-c4cnc(CNC[C@H]5CC(=O)C(C)(C)C5)c(OC)n4)c3Cl)c2Cl)cnc1CCC[C@@H]1CC(C)(C)C(=O)N1. The summed E-state index contributed by atoms with van der Waals surface area (Å²) in [4.78, 5) is 43.4. The second-order valence-corrected chi connectivity index (χ2v) is 15.9. The number of methoxy groups -OCH3 is 2. The van der Waals surface area contributed by atoms with Gasteiger partial charge in [0.25, 0.3) is 0 Å². The van der Waals surface area contributed by atoms with Crippen molar-refractivity contribution in [3.63, 3.8) is 0 Å². The summed E-state index contributed by atoms with van der Waals surface area (Å²) in [5.74, 6) is 1.58. The van der Waals surface area contributed by atoms with Crippen LogP contribution < -0.4 is 20.1 Å². The molecule has 1 amide bonds. The molecule has 0 unspecified atom stereocenters. The number of ketones is 1. The minimum absolute atomic E-state index is 0.109. The molecule has 2 atom stereocenters. The number of carbonyl (C=O) groups is 2. The zero-order chi connectivity index (χ0) is 37.2. The molecule has 1 saturated heterocycles. The molecule has 6 rings (SSSR count). The quantitative estimate of drug-likeness (QED) is 0.140. The zero-order valence-corrected chi connectivity index (χ0v) is 32.1. The van der Waals surface area contributed by atoms with E-state index in [4.69, 9.17) is 47.6 Å². The van der Waals surface area contributed by atoms with Crippen LogP contribution in [-0.4, -0.2) is 58.4 Å². The largest absolute Gasteiger partial charge is 0.480 e. The molecule has 1 aliphatic carbocycles. The lowest BCUT2D eigenvalue weighted by molar-refractivity contribution is -0.126. The molecule has 2 fully saturated rings. The van der Waals surface area contributed by atoms with Gasteiger partial charge in [-0.05, 0) is 44.6 Å². The molecular weight excluding hydrogens is 699 g/mol. The van der Waals surface area contributed by atoms with Crippen LogP contribution >= 0.6 is 23.2 Å². The highest BCUT2D eigenvalue weighted by Crippen LogP contribution is 2.42. The van der Waals surface area contributed by atoms with Crippen LogP contribution in [0.4, 0.5) is 0 Å². The van der Waals surface area contributed by atoms with E-state index in [0.29, 0.717) is 81.1 Å². The Labute approximate surface area is 315 Å². The molecule has 4 aromatic rings. The van der Waals surface area contributed by atoms with Gasteiger partial charge in [-0.15, -0.1) is 0 Å². The predicted molar refractivity (Wildman–Crippen MR) is 204 cm³/mol.